The maximum atomic E-state index is 14.1. The van der Waals surface area contributed by atoms with E-state index in [4.69, 9.17) is 15.9 Å². The monoisotopic (exact) mass is 1170 g/mol. The van der Waals surface area contributed by atoms with Crippen LogP contribution in [0.3, 0.4) is 0 Å². The number of carbonyl (C=O) groups excluding carboxylic acids is 2. The fourth-order valence-corrected chi connectivity index (χ4v) is 10.4. The van der Waals surface area contributed by atoms with Crippen molar-refractivity contribution in [2.45, 2.75) is 115 Å². The fourth-order valence-electron chi connectivity index (χ4n) is 10.4. The van der Waals surface area contributed by atoms with Crippen molar-refractivity contribution < 1.29 is 61.5 Å². The third-order valence-electron chi connectivity index (χ3n) is 14.1. The Morgan fingerprint density at radius 3 is 1.18 bits per heavy atom. The number of aliphatic carboxylic acids is 2. The quantitative estimate of drug-likeness (QED) is 0.0257. The molecule has 84 heavy (non-hydrogen) atoms. The van der Waals surface area contributed by atoms with Crippen LogP contribution in [-0.2, 0) is 22.7 Å². The number of nitrogens with one attached hydrogen (secondary N) is 2. The SMILES string of the molecule is CC(C)c1c(C(=O)Nc2ccccc2)c(-c2ccccc2)c(-c2ccc(F)cc2)n1CC[C@@H](O)C[C@@H](O)C(N)C(=O)O.CC(C)c1c(C(=O)Nc2ccccc2)c(-c2ccccc2)c(-c2ccc(F)cc2)n1CC[C@@H](O)C[C@@H](O)CC(=O)O.[Ca+2].[H-].[H-]. The summed E-state index contributed by atoms with van der Waals surface area (Å²) in [6.07, 6.45) is -5.11. The first kappa shape index (κ1) is 65.8. The number of aromatic nitrogens is 2. The second kappa shape index (κ2) is 31.0. The summed E-state index contributed by atoms with van der Waals surface area (Å²) < 4.78 is 32.0. The zero-order valence-electron chi connectivity index (χ0n) is 49.4. The van der Waals surface area contributed by atoms with Crippen LogP contribution in [0.2, 0.25) is 0 Å². The summed E-state index contributed by atoms with van der Waals surface area (Å²) in [5, 5.41) is 65.9. The number of nitrogens with two attached hydrogens (primary N) is 1. The van der Waals surface area contributed by atoms with E-state index in [-0.39, 0.29) is 109 Å². The molecule has 2 amide bonds. The standard InChI is InChI=1S/C33H36FN3O5.C33H35FN2O5.Ca.2H/c1-20(2)30-28(32(40)36-24-11-7-4-8-12-24)27(21-9-5-3-6-10-21)31(22-13-15-23(34)16-14-22)37(30)18-17-25(38)19-26(39)29(35)33(41)42;1-21(2)31-30(33(41)35-25-11-7-4-8-12-25)29(22-9-5-3-6-10-22)32(23-13-15-24(34)16-14-23)36(31)18-17-26(37)19-27(38)20-28(39)40;;;/h3-16,20,25-26,29,38-39H,17-19,35H2,1-2H3,(H,36,40)(H,41,42);3-16,21,26-27,37-38H,17-20H2,1-2H3,(H,35,41)(H,39,40);;;/q;;+2;2*-1/t25-,26-,29?;26-,27-;;;/m11.../s1. The molecule has 18 heteroatoms. The van der Waals surface area contributed by atoms with Gasteiger partial charge in [0.05, 0.1) is 53.4 Å². The first-order valence-corrected chi connectivity index (χ1v) is 27.5. The van der Waals surface area contributed by atoms with Crippen LogP contribution in [0.25, 0.3) is 44.8 Å². The van der Waals surface area contributed by atoms with E-state index in [1.165, 1.54) is 24.3 Å². The number of carboxylic acids is 2. The Morgan fingerprint density at radius 2 is 0.845 bits per heavy atom. The van der Waals surface area contributed by atoms with Gasteiger partial charge in [-0.1, -0.05) is 125 Å². The van der Waals surface area contributed by atoms with Crippen LogP contribution in [-0.4, -0.2) is 132 Å². The van der Waals surface area contributed by atoms with E-state index in [0.717, 1.165) is 22.5 Å². The Morgan fingerprint density at radius 1 is 0.500 bits per heavy atom. The van der Waals surface area contributed by atoms with Crippen molar-refractivity contribution in [2.75, 3.05) is 10.6 Å². The molecule has 0 saturated carbocycles. The van der Waals surface area contributed by atoms with Crippen molar-refractivity contribution in [3.8, 4) is 44.8 Å². The first-order chi connectivity index (χ1) is 39.7. The Kier molecular flexibility index (Phi) is 24.3. The van der Waals surface area contributed by atoms with Crippen LogP contribution in [0, 0.1) is 11.6 Å². The van der Waals surface area contributed by atoms with E-state index in [1.807, 2.05) is 146 Å². The zero-order valence-corrected chi connectivity index (χ0v) is 49.6. The number of nitrogens with zero attached hydrogens (tertiary/aromatic N) is 2. The molecule has 0 saturated heterocycles. The molecule has 0 radical (unpaired) electrons. The largest absolute Gasteiger partial charge is 2.00 e. The molecule has 2 aromatic heterocycles. The predicted molar refractivity (Wildman–Crippen MR) is 326 cm³/mol. The molecule has 0 spiro atoms. The molecule has 5 atom stereocenters. The van der Waals surface area contributed by atoms with Gasteiger partial charge in [0, 0.05) is 53.4 Å². The van der Waals surface area contributed by atoms with Crippen molar-refractivity contribution in [3.05, 3.63) is 204 Å². The molecule has 0 bridgehead atoms. The van der Waals surface area contributed by atoms with Crippen molar-refractivity contribution in [1.82, 2.24) is 9.13 Å². The van der Waals surface area contributed by atoms with E-state index in [0.29, 0.717) is 56.1 Å². The Hall–Kier alpha value is -7.32. The normalized spacial score (nSPS) is 13.0. The van der Waals surface area contributed by atoms with Crippen LogP contribution >= 0.6 is 0 Å². The molecule has 0 aliphatic heterocycles. The summed E-state index contributed by atoms with van der Waals surface area (Å²) in [5.41, 5.74) is 14.9. The number of benzene rings is 6. The molecule has 8 rings (SSSR count). The predicted octanol–water partition coefficient (Wildman–Crippen LogP) is 11.4. The Balaban J connectivity index is 0.000000356. The van der Waals surface area contributed by atoms with Gasteiger partial charge in [-0.25, -0.2) is 8.78 Å². The molecule has 10 N–H and O–H groups in total. The van der Waals surface area contributed by atoms with Crippen LogP contribution in [0.15, 0.2) is 170 Å². The summed E-state index contributed by atoms with van der Waals surface area (Å²) in [7, 11) is 0. The minimum Gasteiger partial charge on any atom is -1.00 e. The summed E-state index contributed by atoms with van der Waals surface area (Å²) in [4.78, 5) is 50.3. The van der Waals surface area contributed by atoms with Crippen LogP contribution < -0.4 is 16.4 Å². The van der Waals surface area contributed by atoms with Crippen molar-refractivity contribution in [3.63, 3.8) is 0 Å². The van der Waals surface area contributed by atoms with E-state index in [2.05, 4.69) is 10.6 Å². The summed E-state index contributed by atoms with van der Waals surface area (Å²) >= 11 is 0. The van der Waals surface area contributed by atoms with Crippen LogP contribution in [0.1, 0.15) is 107 Å². The fraction of sp³-hybridized carbons (Fsp3) is 0.273. The number of halogens is 2. The van der Waals surface area contributed by atoms with Gasteiger partial charge in [-0.2, -0.15) is 0 Å². The minimum atomic E-state index is -1.52. The number of carbonyl (C=O) groups is 4. The topological polar surface area (TPSA) is 250 Å². The number of anilines is 2. The average Bonchev–Trinajstić information content (AvgIpc) is 1.64. The number of para-hydroxylation sites is 2. The number of rotatable bonds is 24. The van der Waals surface area contributed by atoms with Gasteiger partial charge in [-0.3, -0.25) is 19.2 Å². The van der Waals surface area contributed by atoms with E-state index in [1.54, 1.807) is 36.4 Å². The Bertz CT molecular complexity index is 3450. The van der Waals surface area contributed by atoms with Gasteiger partial charge in [0.2, 0.25) is 0 Å². The van der Waals surface area contributed by atoms with Gasteiger partial charge in [-0.15, -0.1) is 0 Å². The zero-order chi connectivity index (χ0) is 59.9. The van der Waals surface area contributed by atoms with Gasteiger partial charge in [0.15, 0.2) is 0 Å². The number of carboxylic acid groups (broad SMARTS) is 2. The molecule has 438 valence electrons. The smallest absolute Gasteiger partial charge is 1.00 e. The van der Waals surface area contributed by atoms with E-state index in [9.17, 15) is 48.4 Å². The van der Waals surface area contributed by atoms with Crippen molar-refractivity contribution >= 4 is 72.9 Å². The summed E-state index contributed by atoms with van der Waals surface area (Å²) in [6, 6.07) is 47.9. The molecular formula is C66H73CaF2N5O10. The molecule has 8 aromatic rings. The average molecular weight is 1170 g/mol. The van der Waals surface area contributed by atoms with E-state index >= 15 is 0 Å². The number of amides is 2. The van der Waals surface area contributed by atoms with Gasteiger partial charge in [0.25, 0.3) is 11.8 Å². The molecular weight excluding hydrogens is 1100 g/mol. The van der Waals surface area contributed by atoms with Crippen molar-refractivity contribution in [1.29, 1.82) is 0 Å². The third kappa shape index (κ3) is 16.9. The second-order valence-corrected chi connectivity index (χ2v) is 21.0. The minimum absolute atomic E-state index is 0. The van der Waals surface area contributed by atoms with Gasteiger partial charge >= 0.3 is 49.7 Å². The van der Waals surface area contributed by atoms with Crippen LogP contribution in [0.5, 0.6) is 0 Å². The number of aliphatic hydroxyl groups is 4. The van der Waals surface area contributed by atoms with Crippen molar-refractivity contribution in [2.24, 2.45) is 5.73 Å². The molecule has 15 nitrogen and oxygen atoms in total. The van der Waals surface area contributed by atoms with Gasteiger partial charge in [-0.05, 0) is 126 Å². The third-order valence-corrected chi connectivity index (χ3v) is 14.1. The number of hydrogen-bond acceptors (Lipinski definition) is 9. The maximum Gasteiger partial charge on any atom is 2.00 e. The molecule has 0 fully saturated rings. The molecule has 2 heterocycles. The number of hydrogen-bond donors (Lipinski definition) is 9. The molecule has 1 unspecified atom stereocenters. The molecule has 6 aromatic carbocycles. The first-order valence-electron chi connectivity index (χ1n) is 27.5. The van der Waals surface area contributed by atoms with E-state index < -0.39 is 54.6 Å². The molecule has 0 aliphatic carbocycles. The number of aliphatic hydroxyl groups excluding tert-OH is 4. The maximum absolute atomic E-state index is 14.1. The van der Waals surface area contributed by atoms with Gasteiger partial charge in [0.1, 0.15) is 17.7 Å². The second-order valence-electron chi connectivity index (χ2n) is 21.0. The van der Waals surface area contributed by atoms with Crippen LogP contribution in [0.4, 0.5) is 20.2 Å². The van der Waals surface area contributed by atoms with Gasteiger partial charge < -0.3 is 59.0 Å². The summed E-state index contributed by atoms with van der Waals surface area (Å²) in [6.45, 7) is 8.43. The molecule has 0 aliphatic rings. The summed E-state index contributed by atoms with van der Waals surface area (Å²) in [5.74, 6) is -4.14. The Labute approximate surface area is 520 Å².